The zero-order valence-electron chi connectivity index (χ0n) is 13.3. The van der Waals surface area contributed by atoms with Gasteiger partial charge >= 0.3 is 0 Å². The second-order valence-electron chi connectivity index (χ2n) is 5.33. The maximum Gasteiger partial charge on any atom is 0.233 e. The molecular weight excluding hydrogens is 332 g/mol. The van der Waals surface area contributed by atoms with Crippen LogP contribution in [0.5, 0.6) is 11.5 Å². The van der Waals surface area contributed by atoms with Crippen LogP contribution < -0.4 is 9.47 Å². The first kappa shape index (κ1) is 16.5. The van der Waals surface area contributed by atoms with Crippen LogP contribution in [0.1, 0.15) is 11.1 Å². The summed E-state index contributed by atoms with van der Waals surface area (Å²) in [7, 11) is 3.27. The molecule has 0 aliphatic carbocycles. The first-order valence-electron chi connectivity index (χ1n) is 7.53. The lowest BCUT2D eigenvalue weighted by molar-refractivity contribution is -0.129. The summed E-state index contributed by atoms with van der Waals surface area (Å²) < 4.78 is 11.8. The molecule has 0 aromatic heterocycles. The van der Waals surface area contributed by atoms with Crippen molar-refractivity contribution in [1.82, 2.24) is 4.90 Å². The molecule has 1 aromatic carbocycles. The number of fused-ring (bicyclic) bond motifs is 1. The molecule has 2 aliphatic rings. The fourth-order valence-electron chi connectivity index (χ4n) is 2.71. The lowest BCUT2D eigenvalue weighted by atomic mass is 9.99. The minimum absolute atomic E-state index is 0.172. The molecule has 0 unspecified atom stereocenters. The summed E-state index contributed by atoms with van der Waals surface area (Å²) in [6.45, 7) is 2.26. The Balaban J connectivity index is 1.65. The Kier molecular flexibility index (Phi) is 5.38. The number of benzene rings is 1. The Labute approximate surface area is 144 Å². The van der Waals surface area contributed by atoms with Gasteiger partial charge in [0.2, 0.25) is 5.91 Å². The van der Waals surface area contributed by atoms with Gasteiger partial charge in [0.25, 0.3) is 0 Å². The number of nitrogens with zero attached hydrogens (tertiary/aromatic N) is 2. The van der Waals surface area contributed by atoms with Gasteiger partial charge in [-0.15, -0.1) is 0 Å². The van der Waals surface area contributed by atoms with Crippen molar-refractivity contribution in [3.8, 4) is 11.5 Å². The van der Waals surface area contributed by atoms with Crippen LogP contribution in [0.15, 0.2) is 17.1 Å². The van der Waals surface area contributed by atoms with Crippen LogP contribution in [0.4, 0.5) is 0 Å². The molecule has 2 heterocycles. The molecule has 0 N–H and O–H groups in total. The van der Waals surface area contributed by atoms with Crippen LogP contribution in [-0.4, -0.2) is 54.0 Å². The SMILES string of the molecule is COc1cc2c(cc1OC)CN(C(=O)CSC1=NCCS1)CC2. The summed E-state index contributed by atoms with van der Waals surface area (Å²) >= 11 is 3.30. The Morgan fingerprint density at radius 2 is 2.04 bits per heavy atom. The summed E-state index contributed by atoms with van der Waals surface area (Å²) in [5.74, 6) is 3.14. The molecule has 2 aliphatic heterocycles. The molecule has 0 spiro atoms. The summed E-state index contributed by atoms with van der Waals surface area (Å²) in [4.78, 5) is 18.7. The van der Waals surface area contributed by atoms with E-state index in [1.165, 1.54) is 5.56 Å². The average molecular weight is 352 g/mol. The van der Waals surface area contributed by atoms with E-state index in [1.807, 2.05) is 17.0 Å². The number of carbonyl (C=O) groups excluding carboxylic acids is 1. The molecule has 5 nitrogen and oxygen atoms in total. The van der Waals surface area contributed by atoms with E-state index in [9.17, 15) is 4.79 Å². The highest BCUT2D eigenvalue weighted by Gasteiger charge is 2.23. The topological polar surface area (TPSA) is 51.1 Å². The molecule has 23 heavy (non-hydrogen) atoms. The normalized spacial score (nSPS) is 16.8. The Bertz CT molecular complexity index is 634. The van der Waals surface area contributed by atoms with Crippen molar-refractivity contribution < 1.29 is 14.3 Å². The minimum Gasteiger partial charge on any atom is -0.493 e. The minimum atomic E-state index is 0.172. The van der Waals surface area contributed by atoms with Crippen molar-refractivity contribution in [2.45, 2.75) is 13.0 Å². The first-order valence-corrected chi connectivity index (χ1v) is 9.50. The van der Waals surface area contributed by atoms with Crippen molar-refractivity contribution in [3.05, 3.63) is 23.3 Å². The van der Waals surface area contributed by atoms with E-state index in [0.717, 1.165) is 41.0 Å². The number of hydrogen-bond acceptors (Lipinski definition) is 6. The highest BCUT2D eigenvalue weighted by Crippen LogP contribution is 2.33. The van der Waals surface area contributed by atoms with Gasteiger partial charge in [-0.1, -0.05) is 23.5 Å². The monoisotopic (exact) mass is 352 g/mol. The summed E-state index contributed by atoms with van der Waals surface area (Å²) in [6, 6.07) is 4.01. The van der Waals surface area contributed by atoms with E-state index >= 15 is 0 Å². The average Bonchev–Trinajstić information content (AvgIpc) is 3.11. The number of hydrogen-bond donors (Lipinski definition) is 0. The van der Waals surface area contributed by atoms with E-state index in [0.29, 0.717) is 18.0 Å². The number of amides is 1. The standard InChI is InChI=1S/C16H20N2O3S2/c1-20-13-7-11-3-5-18(9-12(11)8-14(13)21-2)15(19)10-23-16-17-4-6-22-16/h7-8H,3-6,9-10H2,1-2H3. The molecule has 0 fully saturated rings. The van der Waals surface area contributed by atoms with Gasteiger partial charge in [-0.2, -0.15) is 0 Å². The predicted molar refractivity (Wildman–Crippen MR) is 95.9 cm³/mol. The van der Waals surface area contributed by atoms with E-state index in [-0.39, 0.29) is 5.91 Å². The molecule has 1 amide bonds. The van der Waals surface area contributed by atoms with Gasteiger partial charge in [-0.05, 0) is 29.7 Å². The number of ether oxygens (including phenoxy) is 2. The Morgan fingerprint density at radius 3 is 2.70 bits per heavy atom. The number of thioether (sulfide) groups is 2. The molecular formula is C16H20N2O3S2. The van der Waals surface area contributed by atoms with Crippen LogP contribution in [-0.2, 0) is 17.8 Å². The van der Waals surface area contributed by atoms with Crippen LogP contribution >= 0.6 is 23.5 Å². The van der Waals surface area contributed by atoms with Gasteiger partial charge in [0, 0.05) is 18.8 Å². The Hall–Kier alpha value is -1.34. The zero-order chi connectivity index (χ0) is 16.2. The van der Waals surface area contributed by atoms with Crippen molar-refractivity contribution in [2.75, 3.05) is 38.8 Å². The van der Waals surface area contributed by atoms with Crippen LogP contribution in [0.3, 0.4) is 0 Å². The van der Waals surface area contributed by atoms with Crippen LogP contribution in [0.25, 0.3) is 0 Å². The van der Waals surface area contributed by atoms with Crippen molar-refractivity contribution in [3.63, 3.8) is 0 Å². The number of carbonyl (C=O) groups is 1. The van der Waals surface area contributed by atoms with Crippen molar-refractivity contribution >= 4 is 33.8 Å². The number of rotatable bonds is 4. The molecule has 0 bridgehead atoms. The zero-order valence-corrected chi connectivity index (χ0v) is 15.0. The number of aliphatic imine (C=N–C) groups is 1. The smallest absolute Gasteiger partial charge is 0.233 e. The number of methoxy groups -OCH3 is 2. The molecule has 124 valence electrons. The maximum absolute atomic E-state index is 12.4. The summed E-state index contributed by atoms with van der Waals surface area (Å²) in [6.07, 6.45) is 0.849. The van der Waals surface area contributed by atoms with Gasteiger partial charge in [-0.25, -0.2) is 0 Å². The molecule has 0 radical (unpaired) electrons. The first-order chi connectivity index (χ1) is 11.2. The molecule has 0 atom stereocenters. The largest absolute Gasteiger partial charge is 0.493 e. The summed E-state index contributed by atoms with van der Waals surface area (Å²) in [5, 5.41) is 0. The van der Waals surface area contributed by atoms with Gasteiger partial charge < -0.3 is 14.4 Å². The van der Waals surface area contributed by atoms with Crippen LogP contribution in [0, 0.1) is 0 Å². The third kappa shape index (κ3) is 3.77. The van der Waals surface area contributed by atoms with Gasteiger partial charge in [0.1, 0.15) is 4.38 Å². The van der Waals surface area contributed by atoms with Crippen molar-refractivity contribution in [2.24, 2.45) is 4.99 Å². The molecule has 3 rings (SSSR count). The summed E-state index contributed by atoms with van der Waals surface area (Å²) in [5.41, 5.74) is 2.37. The quantitative estimate of drug-likeness (QED) is 0.833. The van der Waals surface area contributed by atoms with E-state index < -0.39 is 0 Å². The Morgan fingerprint density at radius 1 is 1.30 bits per heavy atom. The lowest BCUT2D eigenvalue weighted by Gasteiger charge is -2.29. The third-order valence-corrected chi connectivity index (χ3v) is 6.18. The highest BCUT2D eigenvalue weighted by atomic mass is 32.2. The van der Waals surface area contributed by atoms with Gasteiger partial charge in [0.05, 0.1) is 26.5 Å². The molecule has 0 saturated heterocycles. The van der Waals surface area contributed by atoms with Gasteiger partial charge in [0.15, 0.2) is 11.5 Å². The van der Waals surface area contributed by atoms with E-state index in [4.69, 9.17) is 9.47 Å². The van der Waals surface area contributed by atoms with E-state index in [1.54, 1.807) is 37.7 Å². The second kappa shape index (κ2) is 7.49. The molecule has 7 heteroatoms. The molecule has 1 aromatic rings. The van der Waals surface area contributed by atoms with Crippen LogP contribution in [0.2, 0.25) is 0 Å². The van der Waals surface area contributed by atoms with Gasteiger partial charge in [-0.3, -0.25) is 9.79 Å². The predicted octanol–water partition coefficient (Wildman–Crippen LogP) is 2.42. The molecule has 0 saturated carbocycles. The fraction of sp³-hybridized carbons (Fsp3) is 0.500. The second-order valence-corrected chi connectivity index (χ2v) is 7.63. The maximum atomic E-state index is 12.4. The van der Waals surface area contributed by atoms with Crippen molar-refractivity contribution in [1.29, 1.82) is 0 Å². The third-order valence-electron chi connectivity index (χ3n) is 3.95. The fourth-order valence-corrected chi connectivity index (χ4v) is 4.63. The van der Waals surface area contributed by atoms with E-state index in [2.05, 4.69) is 4.99 Å². The highest BCUT2D eigenvalue weighted by molar-refractivity contribution is 8.39. The lowest BCUT2D eigenvalue weighted by Crippen LogP contribution is -2.37.